The summed E-state index contributed by atoms with van der Waals surface area (Å²) < 4.78 is 0. The molecule has 1 aromatic rings. The molecule has 0 fully saturated rings. The van der Waals surface area contributed by atoms with Crippen LogP contribution in [0.3, 0.4) is 0 Å². The second-order valence-corrected chi connectivity index (χ2v) is 5.12. The van der Waals surface area contributed by atoms with E-state index in [-0.39, 0.29) is 6.42 Å². The third kappa shape index (κ3) is 3.90. The van der Waals surface area contributed by atoms with Crippen LogP contribution in [0.4, 0.5) is 0 Å². The van der Waals surface area contributed by atoms with Gasteiger partial charge in [0.25, 0.3) is 0 Å². The first-order valence-electron chi connectivity index (χ1n) is 5.37. The number of thiazole rings is 1. The van der Waals surface area contributed by atoms with Crippen molar-refractivity contribution in [3.05, 3.63) is 15.6 Å². The van der Waals surface area contributed by atoms with E-state index >= 15 is 0 Å². The highest BCUT2D eigenvalue weighted by molar-refractivity contribution is 7.11. The summed E-state index contributed by atoms with van der Waals surface area (Å²) in [6.07, 6.45) is 1.80. The van der Waals surface area contributed by atoms with E-state index < -0.39 is 5.97 Å². The molecule has 1 aromatic heterocycles. The number of carboxylic acids is 1. The Kier molecular flexibility index (Phi) is 4.89. The Hall–Kier alpha value is -0.940. The molecule has 0 saturated carbocycles. The van der Waals surface area contributed by atoms with Crippen LogP contribution in [0.15, 0.2) is 0 Å². The van der Waals surface area contributed by atoms with Gasteiger partial charge in [0.2, 0.25) is 0 Å². The van der Waals surface area contributed by atoms with Crippen LogP contribution in [0.25, 0.3) is 0 Å². The van der Waals surface area contributed by atoms with E-state index in [9.17, 15) is 4.79 Å². The lowest BCUT2D eigenvalue weighted by Crippen LogP contribution is -2.14. The molecular weight excluding hydrogens is 224 g/mol. The largest absolute Gasteiger partial charge is 0.481 e. The van der Waals surface area contributed by atoms with Crippen molar-refractivity contribution in [1.82, 2.24) is 9.88 Å². The van der Waals surface area contributed by atoms with Crippen molar-refractivity contribution in [1.29, 1.82) is 0 Å². The number of hydrogen-bond donors (Lipinski definition) is 1. The summed E-state index contributed by atoms with van der Waals surface area (Å²) >= 11 is 1.54. The molecule has 0 unspecified atom stereocenters. The number of carbonyl (C=O) groups is 1. The molecule has 0 aliphatic heterocycles. The molecule has 0 aliphatic rings. The monoisotopic (exact) mass is 242 g/mol. The first kappa shape index (κ1) is 13.1. The van der Waals surface area contributed by atoms with Crippen LogP contribution >= 0.6 is 11.3 Å². The maximum atomic E-state index is 10.7. The van der Waals surface area contributed by atoms with Crippen molar-refractivity contribution >= 4 is 17.3 Å². The molecule has 0 atom stereocenters. The van der Waals surface area contributed by atoms with E-state index in [0.29, 0.717) is 0 Å². The topological polar surface area (TPSA) is 53.4 Å². The van der Waals surface area contributed by atoms with Gasteiger partial charge in [-0.15, -0.1) is 11.3 Å². The minimum Gasteiger partial charge on any atom is -0.481 e. The van der Waals surface area contributed by atoms with Gasteiger partial charge in [-0.2, -0.15) is 0 Å². The quantitative estimate of drug-likeness (QED) is 0.820. The minimum atomic E-state index is -0.780. The highest BCUT2D eigenvalue weighted by atomic mass is 32.1. The normalized spacial score (nSPS) is 11.0. The lowest BCUT2D eigenvalue weighted by molar-refractivity contribution is -0.136. The van der Waals surface area contributed by atoms with E-state index in [4.69, 9.17) is 5.11 Å². The number of aromatic nitrogens is 1. The Morgan fingerprint density at radius 3 is 2.69 bits per heavy atom. The fourth-order valence-electron chi connectivity index (χ4n) is 1.41. The fraction of sp³-hybridized carbons (Fsp3) is 0.636. The van der Waals surface area contributed by atoms with Crippen LogP contribution in [-0.4, -0.2) is 41.6 Å². The minimum absolute atomic E-state index is 0.100. The first-order valence-corrected chi connectivity index (χ1v) is 6.18. The molecule has 16 heavy (non-hydrogen) atoms. The molecule has 0 aliphatic carbocycles. The number of rotatable bonds is 6. The van der Waals surface area contributed by atoms with E-state index in [2.05, 4.69) is 9.88 Å². The van der Waals surface area contributed by atoms with Crippen molar-refractivity contribution in [2.75, 3.05) is 20.6 Å². The van der Waals surface area contributed by atoms with Crippen molar-refractivity contribution < 1.29 is 9.90 Å². The second-order valence-electron chi connectivity index (χ2n) is 3.95. The second kappa shape index (κ2) is 5.96. The van der Waals surface area contributed by atoms with Gasteiger partial charge in [-0.05, 0) is 20.5 Å². The van der Waals surface area contributed by atoms with Crippen molar-refractivity contribution in [3.63, 3.8) is 0 Å². The van der Waals surface area contributed by atoms with Crippen molar-refractivity contribution in [3.8, 4) is 0 Å². The Balaban J connectivity index is 2.73. The summed E-state index contributed by atoms with van der Waals surface area (Å²) in [5.74, 6) is -0.780. The summed E-state index contributed by atoms with van der Waals surface area (Å²) in [5.41, 5.74) is 0.946. The highest BCUT2D eigenvalue weighted by Gasteiger charge is 2.12. The van der Waals surface area contributed by atoms with E-state index in [1.54, 1.807) is 0 Å². The van der Waals surface area contributed by atoms with Gasteiger partial charge >= 0.3 is 5.97 Å². The molecule has 0 radical (unpaired) electrons. The predicted molar refractivity (Wildman–Crippen MR) is 65.1 cm³/mol. The van der Waals surface area contributed by atoms with Crippen LogP contribution < -0.4 is 0 Å². The molecule has 0 spiro atoms. The molecule has 1 N–H and O–H groups in total. The Morgan fingerprint density at radius 1 is 1.50 bits per heavy atom. The maximum absolute atomic E-state index is 10.7. The van der Waals surface area contributed by atoms with Crippen LogP contribution in [0.2, 0.25) is 0 Å². The van der Waals surface area contributed by atoms with Crippen LogP contribution in [0, 0.1) is 0 Å². The summed E-state index contributed by atoms with van der Waals surface area (Å²) in [5, 5.41) is 9.83. The standard InChI is InChI=1S/C11H18N2O2S/c1-4-8-9(7-11(14)15)16-10(12-8)5-6-13(2)3/h4-7H2,1-3H3,(H,14,15). The lowest BCUT2D eigenvalue weighted by atomic mass is 10.2. The van der Waals surface area contributed by atoms with Gasteiger partial charge in [-0.25, -0.2) is 4.98 Å². The number of aryl methyl sites for hydroxylation is 1. The zero-order chi connectivity index (χ0) is 12.1. The van der Waals surface area contributed by atoms with Gasteiger partial charge in [0.15, 0.2) is 0 Å². The Morgan fingerprint density at radius 2 is 2.19 bits per heavy atom. The smallest absolute Gasteiger partial charge is 0.308 e. The molecule has 5 heteroatoms. The third-order valence-corrected chi connectivity index (χ3v) is 3.40. The van der Waals surface area contributed by atoms with E-state index in [1.807, 2.05) is 21.0 Å². The number of carboxylic acid groups (broad SMARTS) is 1. The molecule has 0 amide bonds. The number of hydrogen-bond acceptors (Lipinski definition) is 4. The molecule has 1 heterocycles. The highest BCUT2D eigenvalue weighted by Crippen LogP contribution is 2.20. The van der Waals surface area contributed by atoms with Gasteiger partial charge < -0.3 is 10.0 Å². The number of likely N-dealkylation sites (N-methyl/N-ethyl adjacent to an activating group) is 1. The van der Waals surface area contributed by atoms with Crippen molar-refractivity contribution in [2.24, 2.45) is 0 Å². The van der Waals surface area contributed by atoms with Crippen LogP contribution in [0.5, 0.6) is 0 Å². The van der Waals surface area contributed by atoms with Crippen molar-refractivity contribution in [2.45, 2.75) is 26.2 Å². The van der Waals surface area contributed by atoms with Gasteiger partial charge in [0.1, 0.15) is 0 Å². The maximum Gasteiger partial charge on any atom is 0.308 e. The zero-order valence-corrected chi connectivity index (χ0v) is 10.8. The lowest BCUT2D eigenvalue weighted by Gasteiger charge is -2.06. The van der Waals surface area contributed by atoms with Crippen LogP contribution in [-0.2, 0) is 24.1 Å². The van der Waals surface area contributed by atoms with E-state index in [0.717, 1.165) is 35.0 Å². The molecule has 90 valence electrons. The van der Waals surface area contributed by atoms with Gasteiger partial charge in [0.05, 0.1) is 17.1 Å². The molecule has 0 aromatic carbocycles. The average Bonchev–Trinajstić information content (AvgIpc) is 2.56. The van der Waals surface area contributed by atoms with E-state index in [1.165, 1.54) is 11.3 Å². The summed E-state index contributed by atoms with van der Waals surface area (Å²) in [6, 6.07) is 0. The summed E-state index contributed by atoms with van der Waals surface area (Å²) in [6.45, 7) is 2.96. The summed E-state index contributed by atoms with van der Waals surface area (Å²) in [4.78, 5) is 18.2. The zero-order valence-electron chi connectivity index (χ0n) is 9.99. The summed E-state index contributed by atoms with van der Waals surface area (Å²) in [7, 11) is 4.04. The first-order chi connectivity index (χ1) is 7.52. The average molecular weight is 242 g/mol. The molecule has 0 saturated heterocycles. The fourth-order valence-corrected chi connectivity index (χ4v) is 2.55. The number of nitrogens with zero attached hydrogens (tertiary/aromatic N) is 2. The molecule has 4 nitrogen and oxygen atoms in total. The molecule has 0 bridgehead atoms. The third-order valence-electron chi connectivity index (χ3n) is 2.24. The Bertz CT molecular complexity index is 361. The van der Waals surface area contributed by atoms with Gasteiger partial charge in [0, 0.05) is 17.8 Å². The molecule has 1 rings (SSSR count). The Labute approximate surface area is 99.9 Å². The molecular formula is C11H18N2O2S. The number of aliphatic carboxylic acids is 1. The predicted octanol–water partition coefficient (Wildman–Crippen LogP) is 1.44. The van der Waals surface area contributed by atoms with Gasteiger partial charge in [-0.1, -0.05) is 6.92 Å². The van der Waals surface area contributed by atoms with Gasteiger partial charge in [-0.3, -0.25) is 4.79 Å². The SMILES string of the molecule is CCc1nc(CCN(C)C)sc1CC(=O)O. The van der Waals surface area contributed by atoms with Crippen LogP contribution in [0.1, 0.15) is 22.5 Å².